The standard InChI is InChI=1S/C15H25NO5S/c1-9-4-10(2)20-14(9)7-18-6-13(17)12-5-11(3)21-15(12)8-19-16-22/h5,9-11,13-15,17H,4,6-8H2,1-3H3/t9-,10?,11?,13?,14?,15?/m1/s1. The minimum absolute atomic E-state index is 0.0672. The van der Waals surface area contributed by atoms with E-state index in [1.165, 1.54) is 0 Å². The SMILES string of the molecule is CC1C=C(C(O)COCC2OC(C)C[C@H]2C)C(CON=S)O1. The number of rotatable bonds is 8. The van der Waals surface area contributed by atoms with Crippen molar-refractivity contribution in [2.24, 2.45) is 10.4 Å². The summed E-state index contributed by atoms with van der Waals surface area (Å²) in [7, 11) is 0. The molecule has 0 aromatic rings. The maximum atomic E-state index is 10.3. The lowest BCUT2D eigenvalue weighted by atomic mass is 10.0. The van der Waals surface area contributed by atoms with E-state index in [2.05, 4.69) is 30.8 Å². The molecular weight excluding hydrogens is 306 g/mol. The first-order chi connectivity index (χ1) is 10.5. The van der Waals surface area contributed by atoms with Crippen LogP contribution < -0.4 is 0 Å². The van der Waals surface area contributed by atoms with E-state index in [0.29, 0.717) is 12.5 Å². The topological polar surface area (TPSA) is 69.5 Å². The highest BCUT2D eigenvalue weighted by Gasteiger charge is 2.32. The molecule has 6 atom stereocenters. The monoisotopic (exact) mass is 331 g/mol. The van der Waals surface area contributed by atoms with Gasteiger partial charge in [0.05, 0.1) is 44.0 Å². The van der Waals surface area contributed by atoms with Crippen LogP contribution in [0, 0.1) is 5.92 Å². The molecule has 0 aromatic carbocycles. The number of hydrogen-bond donors (Lipinski definition) is 1. The second-order valence-electron chi connectivity index (χ2n) is 6.12. The van der Waals surface area contributed by atoms with E-state index in [9.17, 15) is 5.11 Å². The van der Waals surface area contributed by atoms with Gasteiger partial charge in [0, 0.05) is 0 Å². The smallest absolute Gasteiger partial charge is 0.148 e. The predicted molar refractivity (Wildman–Crippen MR) is 83.1 cm³/mol. The van der Waals surface area contributed by atoms with Gasteiger partial charge in [-0.15, -0.1) is 0 Å². The minimum atomic E-state index is -0.724. The highest BCUT2D eigenvalue weighted by Crippen LogP contribution is 2.27. The van der Waals surface area contributed by atoms with E-state index in [0.717, 1.165) is 12.0 Å². The molecule has 0 aliphatic carbocycles. The molecule has 2 aliphatic rings. The van der Waals surface area contributed by atoms with Gasteiger partial charge < -0.3 is 24.2 Å². The third-order valence-corrected chi connectivity index (χ3v) is 4.25. The fourth-order valence-corrected chi connectivity index (χ4v) is 3.13. The molecule has 2 rings (SSSR count). The first kappa shape index (κ1) is 17.7. The van der Waals surface area contributed by atoms with E-state index in [1.54, 1.807) is 0 Å². The molecule has 0 spiro atoms. The van der Waals surface area contributed by atoms with E-state index in [1.807, 2.05) is 13.0 Å². The van der Waals surface area contributed by atoms with Crippen LogP contribution >= 0.6 is 0 Å². The van der Waals surface area contributed by atoms with Gasteiger partial charge in [-0.05, 0) is 36.3 Å². The van der Waals surface area contributed by atoms with Crippen LogP contribution in [-0.2, 0) is 31.5 Å². The van der Waals surface area contributed by atoms with Crippen LogP contribution in [-0.4, -0.2) is 55.4 Å². The third-order valence-electron chi connectivity index (χ3n) is 4.14. The summed E-state index contributed by atoms with van der Waals surface area (Å²) in [5.41, 5.74) is 0.764. The van der Waals surface area contributed by atoms with Gasteiger partial charge in [0.25, 0.3) is 0 Å². The lowest BCUT2D eigenvalue weighted by Crippen LogP contribution is -2.30. The van der Waals surface area contributed by atoms with Gasteiger partial charge >= 0.3 is 0 Å². The lowest BCUT2D eigenvalue weighted by molar-refractivity contribution is -0.0430. The number of aliphatic hydroxyl groups excluding tert-OH is 1. The molecule has 0 aromatic heterocycles. The molecule has 1 fully saturated rings. The highest BCUT2D eigenvalue weighted by atomic mass is 32.1. The second-order valence-corrected chi connectivity index (χ2v) is 6.27. The Kier molecular flexibility index (Phi) is 6.70. The van der Waals surface area contributed by atoms with Gasteiger partial charge in [0.2, 0.25) is 0 Å². The Labute approximate surface area is 136 Å². The van der Waals surface area contributed by atoms with E-state index in [4.69, 9.17) is 19.0 Å². The molecule has 5 unspecified atom stereocenters. The lowest BCUT2D eigenvalue weighted by Gasteiger charge is -2.20. The Balaban J connectivity index is 1.77. The molecule has 7 heteroatoms. The van der Waals surface area contributed by atoms with Crippen molar-refractivity contribution in [2.45, 2.75) is 57.7 Å². The zero-order valence-electron chi connectivity index (χ0n) is 13.3. The molecule has 0 radical (unpaired) electrons. The van der Waals surface area contributed by atoms with Crippen LogP contribution in [0.25, 0.3) is 0 Å². The fraction of sp³-hybridized carbons (Fsp3) is 0.867. The van der Waals surface area contributed by atoms with Crippen LogP contribution in [0.3, 0.4) is 0 Å². The summed E-state index contributed by atoms with van der Waals surface area (Å²) < 4.78 is 20.3. The third kappa shape index (κ3) is 4.70. The van der Waals surface area contributed by atoms with Gasteiger partial charge in [-0.3, -0.25) is 0 Å². The molecule has 22 heavy (non-hydrogen) atoms. The van der Waals surface area contributed by atoms with Crippen molar-refractivity contribution in [3.8, 4) is 0 Å². The van der Waals surface area contributed by atoms with Crippen molar-refractivity contribution in [3.05, 3.63) is 11.6 Å². The quantitative estimate of drug-likeness (QED) is 0.538. The van der Waals surface area contributed by atoms with Crippen molar-refractivity contribution >= 4 is 12.4 Å². The molecule has 0 saturated carbocycles. The van der Waals surface area contributed by atoms with Gasteiger partial charge in [-0.1, -0.05) is 13.0 Å². The molecule has 126 valence electrons. The zero-order chi connectivity index (χ0) is 16.1. The van der Waals surface area contributed by atoms with Gasteiger partial charge in [0.15, 0.2) is 0 Å². The number of nitrogens with zero attached hydrogens (tertiary/aromatic N) is 1. The fourth-order valence-electron chi connectivity index (χ4n) is 3.07. The first-order valence-electron chi connectivity index (χ1n) is 7.74. The second kappa shape index (κ2) is 8.31. The summed E-state index contributed by atoms with van der Waals surface area (Å²) in [6, 6.07) is 0. The summed E-state index contributed by atoms with van der Waals surface area (Å²) in [6.45, 7) is 7.06. The Morgan fingerprint density at radius 2 is 2.14 bits per heavy atom. The molecular formula is C15H25NO5S. The van der Waals surface area contributed by atoms with E-state index >= 15 is 0 Å². The summed E-state index contributed by atoms with van der Waals surface area (Å²) in [4.78, 5) is 4.86. The molecule has 1 saturated heterocycles. The summed E-state index contributed by atoms with van der Waals surface area (Å²) in [5.74, 6) is 0.482. The van der Waals surface area contributed by atoms with E-state index in [-0.39, 0.29) is 37.6 Å². The van der Waals surface area contributed by atoms with Crippen molar-refractivity contribution < 1.29 is 24.2 Å². The molecule has 2 heterocycles. The number of aliphatic hydroxyl groups is 1. The average Bonchev–Trinajstić information content (AvgIpc) is 2.99. The minimum Gasteiger partial charge on any atom is -0.386 e. The molecule has 1 N–H and O–H groups in total. The normalized spacial score (nSPS) is 36.2. The first-order valence-corrected chi connectivity index (χ1v) is 8.10. The van der Waals surface area contributed by atoms with Crippen molar-refractivity contribution in [1.82, 2.24) is 0 Å². The van der Waals surface area contributed by atoms with Crippen molar-refractivity contribution in [1.29, 1.82) is 0 Å². The molecule has 0 bridgehead atoms. The number of ether oxygens (including phenoxy) is 3. The summed E-state index contributed by atoms with van der Waals surface area (Å²) >= 11 is 4.40. The highest BCUT2D eigenvalue weighted by molar-refractivity contribution is 7.47. The Bertz CT molecular complexity index is 405. The van der Waals surface area contributed by atoms with E-state index < -0.39 is 6.10 Å². The Hall–Kier alpha value is -0.600. The van der Waals surface area contributed by atoms with Gasteiger partial charge in [-0.2, -0.15) is 0 Å². The molecule has 2 aliphatic heterocycles. The van der Waals surface area contributed by atoms with Crippen LogP contribution in [0.5, 0.6) is 0 Å². The Morgan fingerprint density at radius 1 is 1.36 bits per heavy atom. The number of hydrogen-bond acceptors (Lipinski definition) is 7. The maximum Gasteiger partial charge on any atom is 0.148 e. The predicted octanol–water partition coefficient (Wildman–Crippen LogP) is 1.55. The largest absolute Gasteiger partial charge is 0.386 e. The summed E-state index contributed by atoms with van der Waals surface area (Å²) in [6.07, 6.45) is 2.21. The molecule has 6 nitrogen and oxygen atoms in total. The molecule has 0 amide bonds. The van der Waals surface area contributed by atoms with Crippen LogP contribution in [0.15, 0.2) is 16.2 Å². The zero-order valence-corrected chi connectivity index (χ0v) is 14.1. The van der Waals surface area contributed by atoms with Crippen LogP contribution in [0.4, 0.5) is 0 Å². The summed E-state index contributed by atoms with van der Waals surface area (Å²) in [5, 5.41) is 10.3. The van der Waals surface area contributed by atoms with Gasteiger partial charge in [-0.25, -0.2) is 0 Å². The van der Waals surface area contributed by atoms with Crippen LogP contribution in [0.1, 0.15) is 27.2 Å². The van der Waals surface area contributed by atoms with Crippen LogP contribution in [0.2, 0.25) is 0 Å². The van der Waals surface area contributed by atoms with Gasteiger partial charge in [0.1, 0.15) is 18.8 Å². The average molecular weight is 331 g/mol. The maximum absolute atomic E-state index is 10.3. The van der Waals surface area contributed by atoms with Crippen molar-refractivity contribution in [2.75, 3.05) is 19.8 Å². The Morgan fingerprint density at radius 3 is 2.77 bits per heavy atom. The van der Waals surface area contributed by atoms with Crippen molar-refractivity contribution in [3.63, 3.8) is 0 Å².